The van der Waals surface area contributed by atoms with Gasteiger partial charge >= 0.3 is 0 Å². The van der Waals surface area contributed by atoms with Gasteiger partial charge < -0.3 is 15.8 Å². The Bertz CT molecular complexity index is 403. The highest BCUT2D eigenvalue weighted by Gasteiger charge is 2.19. The van der Waals surface area contributed by atoms with E-state index in [0.29, 0.717) is 29.5 Å². The number of rotatable bonds is 2. The van der Waals surface area contributed by atoms with Gasteiger partial charge in [0.1, 0.15) is 0 Å². The Morgan fingerprint density at radius 1 is 1.56 bits per heavy atom. The Labute approximate surface area is 98.7 Å². The highest BCUT2D eigenvalue weighted by molar-refractivity contribution is 6.34. The first-order valence-corrected chi connectivity index (χ1v) is 5.48. The minimum absolute atomic E-state index is 0.0741. The van der Waals surface area contributed by atoms with Gasteiger partial charge in [-0.3, -0.25) is 4.79 Å². The van der Waals surface area contributed by atoms with Gasteiger partial charge in [-0.15, -0.1) is 0 Å². The molecule has 3 N–H and O–H groups in total. The average molecular weight is 241 g/mol. The molecule has 2 rings (SSSR count). The minimum Gasteiger partial charge on any atom is -0.399 e. The number of carbonyl (C=O) groups excluding carboxylic acids is 1. The average Bonchev–Trinajstić information content (AvgIpc) is 2.74. The number of nitrogens with one attached hydrogen (secondary N) is 1. The molecular formula is C11H13ClN2O2. The van der Waals surface area contributed by atoms with E-state index in [2.05, 4.69) is 5.32 Å². The summed E-state index contributed by atoms with van der Waals surface area (Å²) >= 11 is 5.93. The molecule has 0 aromatic heterocycles. The largest absolute Gasteiger partial charge is 0.399 e. The standard InChI is InChI=1S/C11H13ClN2O2/c12-10-2-1-7(13)5-9(10)11(15)14-8-3-4-16-6-8/h1-2,5,8H,3-4,6,13H2,(H,14,15). The van der Waals surface area contributed by atoms with Crippen molar-refractivity contribution in [2.24, 2.45) is 0 Å². The second-order valence-electron chi connectivity index (χ2n) is 3.77. The highest BCUT2D eigenvalue weighted by atomic mass is 35.5. The molecule has 1 fully saturated rings. The molecule has 0 spiro atoms. The van der Waals surface area contributed by atoms with Gasteiger partial charge in [0, 0.05) is 12.3 Å². The summed E-state index contributed by atoms with van der Waals surface area (Å²) in [5.41, 5.74) is 6.55. The Morgan fingerprint density at radius 2 is 2.38 bits per heavy atom. The quantitative estimate of drug-likeness (QED) is 0.769. The summed E-state index contributed by atoms with van der Waals surface area (Å²) in [6.45, 7) is 1.25. The first-order chi connectivity index (χ1) is 7.66. The van der Waals surface area contributed by atoms with E-state index in [4.69, 9.17) is 22.1 Å². The zero-order valence-electron chi connectivity index (χ0n) is 8.70. The molecule has 1 aliphatic heterocycles. The van der Waals surface area contributed by atoms with Gasteiger partial charge in [0.15, 0.2) is 0 Å². The van der Waals surface area contributed by atoms with E-state index >= 15 is 0 Å². The lowest BCUT2D eigenvalue weighted by atomic mass is 10.1. The van der Waals surface area contributed by atoms with Crippen molar-refractivity contribution in [3.8, 4) is 0 Å². The number of nitrogens with two attached hydrogens (primary N) is 1. The summed E-state index contributed by atoms with van der Waals surface area (Å²) < 4.78 is 5.18. The maximum absolute atomic E-state index is 11.9. The summed E-state index contributed by atoms with van der Waals surface area (Å²) in [5.74, 6) is -0.201. The molecule has 16 heavy (non-hydrogen) atoms. The smallest absolute Gasteiger partial charge is 0.253 e. The SMILES string of the molecule is Nc1ccc(Cl)c(C(=O)NC2CCOC2)c1. The van der Waals surface area contributed by atoms with E-state index < -0.39 is 0 Å². The van der Waals surface area contributed by atoms with Crippen LogP contribution >= 0.6 is 11.6 Å². The van der Waals surface area contributed by atoms with E-state index in [1.54, 1.807) is 18.2 Å². The molecular weight excluding hydrogens is 228 g/mol. The molecule has 1 heterocycles. The van der Waals surface area contributed by atoms with Gasteiger partial charge in [0.25, 0.3) is 5.91 Å². The first kappa shape index (κ1) is 11.2. The predicted octanol–water partition coefficient (Wildman–Crippen LogP) is 1.44. The van der Waals surface area contributed by atoms with Crippen LogP contribution in [-0.2, 0) is 4.74 Å². The van der Waals surface area contributed by atoms with Crippen LogP contribution in [0.1, 0.15) is 16.8 Å². The van der Waals surface area contributed by atoms with Gasteiger partial charge in [-0.25, -0.2) is 0 Å². The van der Waals surface area contributed by atoms with E-state index in [9.17, 15) is 4.79 Å². The van der Waals surface area contributed by atoms with E-state index in [1.807, 2.05) is 0 Å². The minimum atomic E-state index is -0.201. The van der Waals surface area contributed by atoms with Crippen LogP contribution in [0.15, 0.2) is 18.2 Å². The van der Waals surface area contributed by atoms with Crippen LogP contribution in [0.5, 0.6) is 0 Å². The number of amides is 1. The Morgan fingerprint density at radius 3 is 3.06 bits per heavy atom. The lowest BCUT2D eigenvalue weighted by molar-refractivity contribution is 0.0930. The van der Waals surface area contributed by atoms with Crippen molar-refractivity contribution in [3.05, 3.63) is 28.8 Å². The zero-order valence-corrected chi connectivity index (χ0v) is 9.46. The van der Waals surface area contributed by atoms with Gasteiger partial charge in [-0.2, -0.15) is 0 Å². The molecule has 1 aliphatic rings. The number of benzene rings is 1. The predicted molar refractivity (Wildman–Crippen MR) is 62.6 cm³/mol. The monoisotopic (exact) mass is 240 g/mol. The molecule has 0 saturated carbocycles. The molecule has 1 atom stereocenters. The molecule has 4 nitrogen and oxygen atoms in total. The fourth-order valence-electron chi connectivity index (χ4n) is 1.63. The number of carbonyl (C=O) groups is 1. The van der Waals surface area contributed by atoms with Crippen molar-refractivity contribution in [2.75, 3.05) is 18.9 Å². The third-order valence-electron chi connectivity index (χ3n) is 2.50. The van der Waals surface area contributed by atoms with Crippen molar-refractivity contribution in [3.63, 3.8) is 0 Å². The number of hydrogen-bond donors (Lipinski definition) is 2. The molecule has 1 aromatic rings. The maximum atomic E-state index is 11.9. The van der Waals surface area contributed by atoms with Crippen LogP contribution in [0.2, 0.25) is 5.02 Å². The summed E-state index contributed by atoms with van der Waals surface area (Å²) in [5, 5.41) is 3.27. The Balaban J connectivity index is 2.10. The molecule has 5 heteroatoms. The van der Waals surface area contributed by atoms with Crippen LogP contribution < -0.4 is 11.1 Å². The third kappa shape index (κ3) is 2.46. The van der Waals surface area contributed by atoms with Crippen LogP contribution in [0.25, 0.3) is 0 Å². The number of ether oxygens (including phenoxy) is 1. The third-order valence-corrected chi connectivity index (χ3v) is 2.83. The van der Waals surface area contributed by atoms with Crippen LogP contribution in [0.4, 0.5) is 5.69 Å². The summed E-state index contributed by atoms with van der Waals surface area (Å²) in [7, 11) is 0. The van der Waals surface area contributed by atoms with Crippen molar-refractivity contribution in [1.82, 2.24) is 5.32 Å². The number of nitrogen functional groups attached to an aromatic ring is 1. The lowest BCUT2D eigenvalue weighted by Crippen LogP contribution is -2.35. The fraction of sp³-hybridized carbons (Fsp3) is 0.364. The molecule has 1 aromatic carbocycles. The van der Waals surface area contributed by atoms with Gasteiger partial charge in [0.05, 0.1) is 23.2 Å². The van der Waals surface area contributed by atoms with E-state index in [-0.39, 0.29) is 11.9 Å². The van der Waals surface area contributed by atoms with Crippen molar-refractivity contribution in [2.45, 2.75) is 12.5 Å². The first-order valence-electron chi connectivity index (χ1n) is 5.10. The van der Waals surface area contributed by atoms with Crippen molar-refractivity contribution >= 4 is 23.2 Å². The maximum Gasteiger partial charge on any atom is 0.253 e. The zero-order chi connectivity index (χ0) is 11.5. The molecule has 1 saturated heterocycles. The van der Waals surface area contributed by atoms with Gasteiger partial charge in [-0.05, 0) is 24.6 Å². The summed E-state index contributed by atoms with van der Waals surface area (Å²) in [6, 6.07) is 4.94. The number of hydrogen-bond acceptors (Lipinski definition) is 3. The Kier molecular flexibility index (Phi) is 3.31. The highest BCUT2D eigenvalue weighted by Crippen LogP contribution is 2.19. The topological polar surface area (TPSA) is 64.4 Å². The lowest BCUT2D eigenvalue weighted by Gasteiger charge is -2.11. The number of anilines is 1. The van der Waals surface area contributed by atoms with Gasteiger partial charge in [0.2, 0.25) is 0 Å². The fourth-order valence-corrected chi connectivity index (χ4v) is 1.83. The summed E-state index contributed by atoms with van der Waals surface area (Å²) in [6.07, 6.45) is 0.839. The molecule has 0 aliphatic carbocycles. The van der Waals surface area contributed by atoms with Gasteiger partial charge in [-0.1, -0.05) is 11.6 Å². The number of halogens is 1. The molecule has 86 valence electrons. The summed E-state index contributed by atoms with van der Waals surface area (Å²) in [4.78, 5) is 11.9. The molecule has 1 unspecified atom stereocenters. The Hall–Kier alpha value is -1.26. The van der Waals surface area contributed by atoms with Crippen LogP contribution in [0, 0.1) is 0 Å². The molecule has 0 radical (unpaired) electrons. The van der Waals surface area contributed by atoms with Crippen LogP contribution in [-0.4, -0.2) is 25.2 Å². The van der Waals surface area contributed by atoms with Crippen molar-refractivity contribution in [1.29, 1.82) is 0 Å². The normalized spacial score (nSPS) is 19.7. The second-order valence-corrected chi connectivity index (χ2v) is 4.18. The second kappa shape index (κ2) is 4.72. The van der Waals surface area contributed by atoms with Crippen molar-refractivity contribution < 1.29 is 9.53 Å². The molecule has 0 bridgehead atoms. The van der Waals surface area contributed by atoms with E-state index in [1.165, 1.54) is 0 Å². The van der Waals surface area contributed by atoms with Crippen LogP contribution in [0.3, 0.4) is 0 Å². The van der Waals surface area contributed by atoms with E-state index in [0.717, 1.165) is 6.42 Å². The molecule has 1 amide bonds.